The maximum Gasteiger partial charge on any atom is 0.407 e. The molecule has 3 N–H and O–H groups in total. The number of nitrogens with one attached hydrogen (secondary N) is 3. The molecule has 142 valence electrons. The van der Waals surface area contributed by atoms with Crippen LogP contribution >= 0.6 is 35.7 Å². The van der Waals surface area contributed by atoms with Crippen LogP contribution in [0.5, 0.6) is 0 Å². The van der Waals surface area contributed by atoms with E-state index < -0.39 is 11.7 Å². The number of alkyl carbamates (subject to hydrolysis) is 1. The maximum absolute atomic E-state index is 11.6. The third kappa shape index (κ3) is 10.5. The molecule has 2 unspecified atom stereocenters. The number of hydrogen-bond donors (Lipinski definition) is 3. The quantitative estimate of drug-likeness (QED) is 0.240. The molecule has 1 amide bonds. The van der Waals surface area contributed by atoms with Gasteiger partial charge in [-0.2, -0.15) is 11.8 Å². The standard InChI is InChI=1S/C16H32N4O2S.HI/c1-6-17-14(20-12-7-8-13(11-12)23-5)18-9-10-19-15(21)22-16(2,3)4;/h12-13H,6-11H2,1-5H3,(H,19,21)(H2,17,18,20);1H. The van der Waals surface area contributed by atoms with Crippen LogP contribution in [-0.2, 0) is 4.74 Å². The second-order valence-corrected chi connectivity index (χ2v) is 7.84. The molecule has 0 aromatic rings. The van der Waals surface area contributed by atoms with Gasteiger partial charge in [0.1, 0.15) is 5.60 Å². The van der Waals surface area contributed by atoms with Crippen LogP contribution in [0.25, 0.3) is 0 Å². The number of rotatable bonds is 6. The lowest BCUT2D eigenvalue weighted by atomic mass is 10.2. The number of ether oxygens (including phenoxy) is 1. The third-order valence-electron chi connectivity index (χ3n) is 3.45. The van der Waals surface area contributed by atoms with Crippen LogP contribution < -0.4 is 16.0 Å². The van der Waals surface area contributed by atoms with Gasteiger partial charge >= 0.3 is 6.09 Å². The van der Waals surface area contributed by atoms with Gasteiger partial charge in [-0.3, -0.25) is 4.99 Å². The number of halogens is 1. The van der Waals surface area contributed by atoms with Crippen molar-refractivity contribution in [1.82, 2.24) is 16.0 Å². The first-order valence-corrected chi connectivity index (χ1v) is 9.67. The minimum atomic E-state index is -0.472. The Morgan fingerprint density at radius 3 is 2.54 bits per heavy atom. The van der Waals surface area contributed by atoms with Crippen LogP contribution in [0.3, 0.4) is 0 Å². The van der Waals surface area contributed by atoms with E-state index in [0.29, 0.717) is 19.1 Å². The van der Waals surface area contributed by atoms with Crippen molar-refractivity contribution in [3.8, 4) is 0 Å². The van der Waals surface area contributed by atoms with Gasteiger partial charge in [-0.15, -0.1) is 24.0 Å². The molecule has 0 saturated heterocycles. The molecule has 0 radical (unpaired) electrons. The van der Waals surface area contributed by atoms with Crippen molar-refractivity contribution in [3.63, 3.8) is 0 Å². The van der Waals surface area contributed by atoms with E-state index >= 15 is 0 Å². The van der Waals surface area contributed by atoms with Crippen molar-refractivity contribution in [2.75, 3.05) is 25.9 Å². The molecule has 0 bridgehead atoms. The highest BCUT2D eigenvalue weighted by atomic mass is 127. The molecule has 6 nitrogen and oxygen atoms in total. The Kier molecular flexibility index (Phi) is 11.9. The minimum Gasteiger partial charge on any atom is -0.444 e. The molecule has 0 aromatic heterocycles. The van der Waals surface area contributed by atoms with Gasteiger partial charge < -0.3 is 20.7 Å². The normalized spacial score (nSPS) is 21.0. The summed E-state index contributed by atoms with van der Waals surface area (Å²) < 4.78 is 5.19. The number of thioether (sulfide) groups is 1. The second kappa shape index (κ2) is 12.1. The summed E-state index contributed by atoms with van der Waals surface area (Å²) in [6.07, 6.45) is 5.41. The van der Waals surface area contributed by atoms with E-state index in [1.54, 1.807) is 0 Å². The van der Waals surface area contributed by atoms with Crippen LogP contribution in [0.2, 0.25) is 0 Å². The third-order valence-corrected chi connectivity index (χ3v) is 4.55. The van der Waals surface area contributed by atoms with Crippen molar-refractivity contribution in [1.29, 1.82) is 0 Å². The Morgan fingerprint density at radius 1 is 1.29 bits per heavy atom. The molecule has 2 atom stereocenters. The van der Waals surface area contributed by atoms with Gasteiger partial charge in [0.15, 0.2) is 5.96 Å². The van der Waals surface area contributed by atoms with Gasteiger partial charge in [0.2, 0.25) is 0 Å². The number of carbonyl (C=O) groups excluding carboxylic acids is 1. The van der Waals surface area contributed by atoms with Crippen molar-refractivity contribution in [3.05, 3.63) is 0 Å². The van der Waals surface area contributed by atoms with E-state index in [1.807, 2.05) is 32.5 Å². The lowest BCUT2D eigenvalue weighted by Crippen LogP contribution is -2.43. The van der Waals surface area contributed by atoms with Crippen LogP contribution in [0.15, 0.2) is 4.99 Å². The number of hydrogen-bond acceptors (Lipinski definition) is 4. The monoisotopic (exact) mass is 472 g/mol. The maximum atomic E-state index is 11.6. The van der Waals surface area contributed by atoms with Crippen molar-refractivity contribution >= 4 is 47.8 Å². The van der Waals surface area contributed by atoms with Crippen LogP contribution in [0, 0.1) is 0 Å². The first-order chi connectivity index (χ1) is 10.8. The average molecular weight is 472 g/mol. The Balaban J connectivity index is 0.00000529. The molecule has 0 aliphatic heterocycles. The molecule has 0 heterocycles. The summed E-state index contributed by atoms with van der Waals surface area (Å²) in [6, 6.07) is 0.490. The second-order valence-electron chi connectivity index (χ2n) is 6.70. The number of nitrogens with zero attached hydrogens (tertiary/aromatic N) is 1. The van der Waals surface area contributed by atoms with Crippen molar-refractivity contribution in [2.45, 2.75) is 63.9 Å². The molecule has 0 aromatic carbocycles. The number of aliphatic imine (C=N–C) groups is 1. The van der Waals surface area contributed by atoms with Gasteiger partial charge in [-0.25, -0.2) is 4.79 Å². The molecule has 1 aliphatic rings. The highest BCUT2D eigenvalue weighted by molar-refractivity contribution is 14.0. The fourth-order valence-corrected chi connectivity index (χ4v) is 3.24. The summed E-state index contributed by atoms with van der Waals surface area (Å²) in [6.45, 7) is 9.40. The van der Waals surface area contributed by atoms with Crippen molar-refractivity contribution in [2.24, 2.45) is 4.99 Å². The zero-order valence-corrected chi connectivity index (χ0v) is 18.6. The fraction of sp³-hybridized carbons (Fsp3) is 0.875. The zero-order valence-electron chi connectivity index (χ0n) is 15.5. The van der Waals surface area contributed by atoms with Gasteiger partial charge in [0.05, 0.1) is 6.54 Å². The average Bonchev–Trinajstić information content (AvgIpc) is 2.89. The lowest BCUT2D eigenvalue weighted by molar-refractivity contribution is 0.0529. The molecule has 1 aliphatic carbocycles. The van der Waals surface area contributed by atoms with Crippen LogP contribution in [0.1, 0.15) is 47.0 Å². The van der Waals surface area contributed by atoms with E-state index in [2.05, 4.69) is 34.1 Å². The number of guanidine groups is 1. The van der Waals surface area contributed by atoms with E-state index in [0.717, 1.165) is 17.8 Å². The summed E-state index contributed by atoms with van der Waals surface area (Å²) in [7, 11) is 0. The van der Waals surface area contributed by atoms with E-state index in [9.17, 15) is 4.79 Å². The minimum absolute atomic E-state index is 0. The SMILES string of the molecule is CCNC(=NCCNC(=O)OC(C)(C)C)NC1CCC(SC)C1.I. The molecule has 1 saturated carbocycles. The highest BCUT2D eigenvalue weighted by Crippen LogP contribution is 2.27. The molecule has 1 fully saturated rings. The molecule has 0 spiro atoms. The van der Waals surface area contributed by atoms with Gasteiger partial charge in [0.25, 0.3) is 0 Å². The predicted molar refractivity (Wildman–Crippen MR) is 114 cm³/mol. The van der Waals surface area contributed by atoms with E-state index in [4.69, 9.17) is 4.74 Å². The molecule has 8 heteroatoms. The Labute approximate surface area is 167 Å². The largest absolute Gasteiger partial charge is 0.444 e. The first kappa shape index (κ1) is 23.6. The number of amides is 1. The van der Waals surface area contributed by atoms with Crippen LogP contribution in [0.4, 0.5) is 4.79 Å². The summed E-state index contributed by atoms with van der Waals surface area (Å²) in [5, 5.41) is 10.2. The van der Waals surface area contributed by atoms with Gasteiger partial charge in [-0.1, -0.05) is 0 Å². The smallest absolute Gasteiger partial charge is 0.407 e. The number of carbonyl (C=O) groups is 1. The molecule has 24 heavy (non-hydrogen) atoms. The van der Waals surface area contributed by atoms with Gasteiger partial charge in [-0.05, 0) is 53.2 Å². The Bertz CT molecular complexity index is 402. The lowest BCUT2D eigenvalue weighted by Gasteiger charge is -2.19. The Hall–Kier alpha value is -0.380. The van der Waals surface area contributed by atoms with Crippen molar-refractivity contribution < 1.29 is 9.53 Å². The zero-order chi connectivity index (χ0) is 17.3. The topological polar surface area (TPSA) is 74.8 Å². The van der Waals surface area contributed by atoms with Gasteiger partial charge in [0, 0.05) is 24.4 Å². The highest BCUT2D eigenvalue weighted by Gasteiger charge is 2.24. The van der Waals surface area contributed by atoms with E-state index in [1.165, 1.54) is 19.3 Å². The fourth-order valence-electron chi connectivity index (χ4n) is 2.44. The summed E-state index contributed by atoms with van der Waals surface area (Å²) in [5.74, 6) is 0.824. The van der Waals surface area contributed by atoms with E-state index in [-0.39, 0.29) is 24.0 Å². The molecule has 1 rings (SSSR count). The summed E-state index contributed by atoms with van der Waals surface area (Å²) >= 11 is 1.94. The Morgan fingerprint density at radius 2 is 2.00 bits per heavy atom. The predicted octanol–water partition coefficient (Wildman–Crippen LogP) is 2.97. The molecular formula is C16H33IN4O2S. The summed E-state index contributed by atoms with van der Waals surface area (Å²) in [4.78, 5) is 16.1. The first-order valence-electron chi connectivity index (χ1n) is 8.38. The molecular weight excluding hydrogens is 439 g/mol. The van der Waals surface area contributed by atoms with Crippen LogP contribution in [-0.4, -0.2) is 54.8 Å². The summed E-state index contributed by atoms with van der Waals surface area (Å²) in [5.41, 5.74) is -0.472.